The SMILES string of the molecule is COCC[C@H](NC(=O)[C@H]1CCc2n[nH]nc2C1)c1ccc(Cl)cc1. The molecule has 0 saturated carbocycles. The van der Waals surface area contributed by atoms with Crippen molar-refractivity contribution in [3.63, 3.8) is 0 Å². The number of rotatable bonds is 6. The van der Waals surface area contributed by atoms with Gasteiger partial charge < -0.3 is 10.1 Å². The van der Waals surface area contributed by atoms with Gasteiger partial charge in [-0.3, -0.25) is 4.79 Å². The molecule has 0 unspecified atom stereocenters. The third-order valence-electron chi connectivity index (χ3n) is 4.44. The highest BCUT2D eigenvalue weighted by Gasteiger charge is 2.28. The van der Waals surface area contributed by atoms with Crippen molar-refractivity contribution in [1.82, 2.24) is 20.7 Å². The number of hydrogen-bond donors (Lipinski definition) is 2. The van der Waals surface area contributed by atoms with Crippen molar-refractivity contribution in [3.05, 3.63) is 46.2 Å². The molecule has 1 amide bonds. The van der Waals surface area contributed by atoms with E-state index in [0.29, 0.717) is 24.5 Å². The normalized spacial score (nSPS) is 18.0. The van der Waals surface area contributed by atoms with Gasteiger partial charge in [0.05, 0.1) is 17.4 Å². The standard InChI is InChI=1S/C17H21ClN4O2/c1-24-9-8-14(11-2-5-13(18)6-3-11)19-17(23)12-4-7-15-16(10-12)21-22-20-15/h2-3,5-6,12,14H,4,7-10H2,1H3,(H,19,23)(H,20,21,22)/t12-,14-/m0/s1. The lowest BCUT2D eigenvalue weighted by atomic mass is 9.88. The number of carbonyl (C=O) groups excluding carboxylic acids is 1. The first-order valence-electron chi connectivity index (χ1n) is 8.10. The lowest BCUT2D eigenvalue weighted by Crippen LogP contribution is -2.37. The number of H-pyrrole nitrogens is 1. The number of nitrogens with one attached hydrogen (secondary N) is 2. The average molecular weight is 349 g/mol. The van der Waals surface area contributed by atoms with E-state index in [4.69, 9.17) is 16.3 Å². The number of aryl methyl sites for hydroxylation is 1. The zero-order valence-electron chi connectivity index (χ0n) is 13.6. The second kappa shape index (κ2) is 7.77. The number of carbonyl (C=O) groups is 1. The zero-order valence-corrected chi connectivity index (χ0v) is 14.3. The zero-order chi connectivity index (χ0) is 16.9. The van der Waals surface area contributed by atoms with Gasteiger partial charge in [0.2, 0.25) is 5.91 Å². The molecule has 0 radical (unpaired) electrons. The number of aromatic nitrogens is 3. The summed E-state index contributed by atoms with van der Waals surface area (Å²) >= 11 is 5.96. The van der Waals surface area contributed by atoms with Gasteiger partial charge in [-0.1, -0.05) is 23.7 Å². The molecule has 24 heavy (non-hydrogen) atoms. The second-order valence-corrected chi connectivity index (χ2v) is 6.49. The van der Waals surface area contributed by atoms with Gasteiger partial charge in [-0.15, -0.1) is 0 Å². The van der Waals surface area contributed by atoms with Crippen molar-refractivity contribution in [1.29, 1.82) is 0 Å². The molecule has 6 nitrogen and oxygen atoms in total. The molecule has 0 fully saturated rings. The molecule has 0 aliphatic heterocycles. The maximum Gasteiger partial charge on any atom is 0.224 e. The number of benzene rings is 1. The van der Waals surface area contributed by atoms with Crippen LogP contribution in [0.15, 0.2) is 24.3 Å². The van der Waals surface area contributed by atoms with E-state index in [2.05, 4.69) is 20.7 Å². The Labute approximate surface area is 145 Å². The first-order chi connectivity index (χ1) is 11.7. The molecular weight excluding hydrogens is 328 g/mol. The van der Waals surface area contributed by atoms with E-state index >= 15 is 0 Å². The van der Waals surface area contributed by atoms with Gasteiger partial charge in [-0.25, -0.2) is 0 Å². The van der Waals surface area contributed by atoms with Gasteiger partial charge in [0.25, 0.3) is 0 Å². The molecule has 0 bridgehead atoms. The topological polar surface area (TPSA) is 79.9 Å². The van der Waals surface area contributed by atoms with Crippen molar-refractivity contribution < 1.29 is 9.53 Å². The predicted molar refractivity (Wildman–Crippen MR) is 90.7 cm³/mol. The van der Waals surface area contributed by atoms with E-state index in [-0.39, 0.29) is 17.9 Å². The Kier molecular flexibility index (Phi) is 5.48. The maximum absolute atomic E-state index is 12.7. The average Bonchev–Trinajstić information content (AvgIpc) is 3.07. The fraction of sp³-hybridized carbons (Fsp3) is 0.471. The van der Waals surface area contributed by atoms with Crippen LogP contribution >= 0.6 is 11.6 Å². The monoisotopic (exact) mass is 348 g/mol. The molecule has 2 aromatic rings. The minimum atomic E-state index is -0.0894. The smallest absolute Gasteiger partial charge is 0.224 e. The molecule has 2 N–H and O–H groups in total. The summed E-state index contributed by atoms with van der Waals surface area (Å²) in [5, 5.41) is 14.7. The Balaban J connectivity index is 1.68. The number of ether oxygens (including phenoxy) is 1. The second-order valence-electron chi connectivity index (χ2n) is 6.05. The number of halogens is 1. The van der Waals surface area contributed by atoms with Crippen LogP contribution in [0.3, 0.4) is 0 Å². The molecule has 1 heterocycles. The van der Waals surface area contributed by atoms with Crippen molar-refractivity contribution in [3.8, 4) is 0 Å². The third-order valence-corrected chi connectivity index (χ3v) is 4.69. The Bertz CT molecular complexity index is 686. The number of fused-ring (bicyclic) bond motifs is 1. The van der Waals surface area contributed by atoms with Crippen LogP contribution in [-0.2, 0) is 22.4 Å². The summed E-state index contributed by atoms with van der Waals surface area (Å²) in [5.74, 6) is -0.0142. The first-order valence-corrected chi connectivity index (χ1v) is 8.48. The van der Waals surface area contributed by atoms with Gasteiger partial charge in [-0.05, 0) is 37.0 Å². The summed E-state index contributed by atoms with van der Waals surface area (Å²) in [4.78, 5) is 12.7. The summed E-state index contributed by atoms with van der Waals surface area (Å²) in [6, 6.07) is 7.48. The van der Waals surface area contributed by atoms with Crippen LogP contribution in [0.2, 0.25) is 5.02 Å². The first kappa shape index (κ1) is 16.9. The van der Waals surface area contributed by atoms with Gasteiger partial charge in [0.15, 0.2) is 0 Å². The minimum absolute atomic E-state index is 0.0553. The minimum Gasteiger partial charge on any atom is -0.385 e. The number of hydrogen-bond acceptors (Lipinski definition) is 4. The third kappa shape index (κ3) is 3.94. The Morgan fingerprint density at radius 3 is 2.88 bits per heavy atom. The van der Waals surface area contributed by atoms with Crippen molar-refractivity contribution >= 4 is 17.5 Å². The summed E-state index contributed by atoms with van der Waals surface area (Å²) < 4.78 is 5.18. The molecule has 7 heteroatoms. The molecule has 1 aliphatic carbocycles. The summed E-state index contributed by atoms with van der Waals surface area (Å²) in [7, 11) is 1.66. The van der Waals surface area contributed by atoms with Crippen LogP contribution in [0.5, 0.6) is 0 Å². The largest absolute Gasteiger partial charge is 0.385 e. The Hall–Kier alpha value is -1.92. The van der Waals surface area contributed by atoms with E-state index in [1.165, 1.54) is 0 Å². The van der Waals surface area contributed by atoms with Crippen molar-refractivity contribution in [2.24, 2.45) is 5.92 Å². The van der Waals surface area contributed by atoms with E-state index in [1.807, 2.05) is 24.3 Å². The van der Waals surface area contributed by atoms with E-state index < -0.39 is 0 Å². The number of nitrogens with zero attached hydrogens (tertiary/aromatic N) is 2. The fourth-order valence-electron chi connectivity index (χ4n) is 3.05. The quantitative estimate of drug-likeness (QED) is 0.840. The molecule has 3 rings (SSSR count). The van der Waals surface area contributed by atoms with Gasteiger partial charge in [0.1, 0.15) is 0 Å². The van der Waals surface area contributed by atoms with Crippen LogP contribution in [0.4, 0.5) is 0 Å². The van der Waals surface area contributed by atoms with E-state index in [9.17, 15) is 4.79 Å². The number of aromatic amines is 1. The predicted octanol–water partition coefficient (Wildman–Crippen LogP) is 2.46. The number of methoxy groups -OCH3 is 1. The lowest BCUT2D eigenvalue weighted by Gasteiger charge is -2.24. The highest BCUT2D eigenvalue weighted by molar-refractivity contribution is 6.30. The molecule has 128 valence electrons. The molecule has 1 aromatic heterocycles. The van der Waals surface area contributed by atoms with Crippen LogP contribution in [0.1, 0.15) is 35.8 Å². The van der Waals surface area contributed by atoms with E-state index in [1.54, 1.807) is 7.11 Å². The van der Waals surface area contributed by atoms with Crippen LogP contribution in [-0.4, -0.2) is 35.0 Å². The van der Waals surface area contributed by atoms with Crippen molar-refractivity contribution in [2.45, 2.75) is 31.7 Å². The van der Waals surface area contributed by atoms with Gasteiger partial charge in [-0.2, -0.15) is 15.4 Å². The Morgan fingerprint density at radius 1 is 1.38 bits per heavy atom. The van der Waals surface area contributed by atoms with Crippen molar-refractivity contribution in [2.75, 3.05) is 13.7 Å². The Morgan fingerprint density at radius 2 is 2.12 bits per heavy atom. The highest BCUT2D eigenvalue weighted by Crippen LogP contribution is 2.25. The molecule has 0 saturated heterocycles. The fourth-order valence-corrected chi connectivity index (χ4v) is 3.18. The number of amides is 1. The summed E-state index contributed by atoms with van der Waals surface area (Å²) in [5.41, 5.74) is 2.91. The lowest BCUT2D eigenvalue weighted by molar-refractivity contribution is -0.126. The van der Waals surface area contributed by atoms with Crippen LogP contribution < -0.4 is 5.32 Å². The molecule has 1 aliphatic rings. The molecule has 1 aromatic carbocycles. The highest BCUT2D eigenvalue weighted by atomic mass is 35.5. The maximum atomic E-state index is 12.7. The van der Waals surface area contributed by atoms with Crippen LogP contribution in [0.25, 0.3) is 0 Å². The van der Waals surface area contributed by atoms with Gasteiger partial charge in [0, 0.05) is 31.1 Å². The summed E-state index contributed by atoms with van der Waals surface area (Å²) in [6.45, 7) is 0.575. The van der Waals surface area contributed by atoms with E-state index in [0.717, 1.165) is 29.8 Å². The molecule has 0 spiro atoms. The summed E-state index contributed by atoms with van der Waals surface area (Å²) in [6.07, 6.45) is 2.93. The van der Waals surface area contributed by atoms with Crippen LogP contribution in [0, 0.1) is 5.92 Å². The molecule has 2 atom stereocenters. The van der Waals surface area contributed by atoms with Gasteiger partial charge >= 0.3 is 0 Å². The molecular formula is C17H21ClN4O2.